The number of rotatable bonds is 4. The van der Waals surface area contributed by atoms with Crippen molar-refractivity contribution in [2.75, 3.05) is 18.0 Å². The first-order valence-corrected chi connectivity index (χ1v) is 9.80. The first-order chi connectivity index (χ1) is 12.4. The van der Waals surface area contributed by atoms with Gasteiger partial charge in [-0.1, -0.05) is 42.3 Å². The lowest BCUT2D eigenvalue weighted by atomic mass is 9.98. The zero-order valence-electron chi connectivity index (χ0n) is 15.1. The second kappa shape index (κ2) is 8.32. The lowest BCUT2D eigenvalue weighted by Gasteiger charge is -2.32. The van der Waals surface area contributed by atoms with E-state index in [2.05, 4.69) is 41.4 Å². The van der Waals surface area contributed by atoms with Crippen LogP contribution in [0.1, 0.15) is 48.7 Å². The van der Waals surface area contributed by atoms with E-state index in [4.69, 9.17) is 23.2 Å². The topological polar surface area (TPSA) is 32.3 Å². The molecule has 5 heteroatoms. The minimum absolute atomic E-state index is 0.107. The molecule has 2 aromatic carbocycles. The molecule has 3 rings (SSSR count). The van der Waals surface area contributed by atoms with Crippen molar-refractivity contribution in [1.29, 1.82) is 0 Å². The molecular weight excluding hydrogens is 367 g/mol. The van der Waals surface area contributed by atoms with Gasteiger partial charge in [0, 0.05) is 23.8 Å². The van der Waals surface area contributed by atoms with Crippen LogP contribution in [0.3, 0.4) is 0 Å². The van der Waals surface area contributed by atoms with Gasteiger partial charge in [0.2, 0.25) is 0 Å². The second-order valence-electron chi connectivity index (χ2n) is 7.08. The van der Waals surface area contributed by atoms with E-state index in [1.807, 2.05) is 6.92 Å². The van der Waals surface area contributed by atoms with E-state index in [-0.39, 0.29) is 11.9 Å². The molecule has 3 nitrogen and oxygen atoms in total. The summed E-state index contributed by atoms with van der Waals surface area (Å²) in [6.07, 6.45) is 2.49. The van der Waals surface area contributed by atoms with E-state index in [1.54, 1.807) is 18.2 Å². The molecule has 1 aliphatic heterocycles. The van der Waals surface area contributed by atoms with Gasteiger partial charge in [0.15, 0.2) is 0 Å². The van der Waals surface area contributed by atoms with Crippen LogP contribution in [0.25, 0.3) is 0 Å². The van der Waals surface area contributed by atoms with Crippen LogP contribution in [0.2, 0.25) is 10.0 Å². The van der Waals surface area contributed by atoms with Crippen LogP contribution in [-0.2, 0) is 0 Å². The van der Waals surface area contributed by atoms with E-state index in [0.717, 1.165) is 24.6 Å². The Kier molecular flexibility index (Phi) is 6.10. The molecule has 0 aromatic heterocycles. The van der Waals surface area contributed by atoms with Crippen LogP contribution in [0.4, 0.5) is 5.69 Å². The summed E-state index contributed by atoms with van der Waals surface area (Å²) in [5, 5.41) is 3.87. The normalized spacial score (nSPS) is 16.4. The van der Waals surface area contributed by atoms with Crippen molar-refractivity contribution in [3.63, 3.8) is 0 Å². The Morgan fingerprint density at radius 2 is 1.77 bits per heavy atom. The lowest BCUT2D eigenvalue weighted by molar-refractivity contribution is 0.0940. The predicted octanol–water partition coefficient (Wildman–Crippen LogP) is 5.72. The quantitative estimate of drug-likeness (QED) is 0.723. The molecule has 0 radical (unpaired) electrons. The fraction of sp³-hybridized carbons (Fsp3) is 0.381. The van der Waals surface area contributed by atoms with E-state index < -0.39 is 0 Å². The van der Waals surface area contributed by atoms with E-state index >= 15 is 0 Å². The molecule has 138 valence electrons. The summed E-state index contributed by atoms with van der Waals surface area (Å²) >= 11 is 12.0. The van der Waals surface area contributed by atoms with E-state index in [0.29, 0.717) is 15.6 Å². The molecular formula is C21H24Cl2N2O. The number of piperidine rings is 1. The molecule has 2 aromatic rings. The standard InChI is InChI=1S/C21H24Cl2N2O/c1-14-9-11-25(12-10-14)18-6-3-16(4-7-18)15(2)24-21(26)19-8-5-17(22)13-20(19)23/h3-8,13-15H,9-12H2,1-2H3,(H,24,26). The Morgan fingerprint density at radius 3 is 2.38 bits per heavy atom. The van der Waals surface area contributed by atoms with E-state index in [1.165, 1.54) is 18.5 Å². The van der Waals surface area contributed by atoms with Crippen LogP contribution < -0.4 is 10.2 Å². The molecule has 0 bridgehead atoms. The van der Waals surface area contributed by atoms with Gasteiger partial charge in [-0.15, -0.1) is 0 Å². The number of nitrogens with zero attached hydrogens (tertiary/aromatic N) is 1. The highest BCUT2D eigenvalue weighted by Gasteiger charge is 2.17. The Bertz CT molecular complexity index is 768. The first kappa shape index (κ1) is 19.1. The molecule has 1 heterocycles. The maximum Gasteiger partial charge on any atom is 0.253 e. The first-order valence-electron chi connectivity index (χ1n) is 9.05. The summed E-state index contributed by atoms with van der Waals surface area (Å²) in [6, 6.07) is 13.2. The predicted molar refractivity (Wildman–Crippen MR) is 109 cm³/mol. The van der Waals surface area contributed by atoms with Gasteiger partial charge in [-0.2, -0.15) is 0 Å². The smallest absolute Gasteiger partial charge is 0.253 e. The van der Waals surface area contributed by atoms with Crippen LogP contribution in [0, 0.1) is 5.92 Å². The van der Waals surface area contributed by atoms with Crippen molar-refractivity contribution in [2.45, 2.75) is 32.7 Å². The number of halogens is 2. The Morgan fingerprint density at radius 1 is 1.12 bits per heavy atom. The van der Waals surface area contributed by atoms with Crippen molar-refractivity contribution in [3.8, 4) is 0 Å². The third-order valence-corrected chi connectivity index (χ3v) is 5.61. The van der Waals surface area contributed by atoms with Gasteiger partial charge in [-0.05, 0) is 61.6 Å². The molecule has 0 spiro atoms. The number of benzene rings is 2. The summed E-state index contributed by atoms with van der Waals surface area (Å²) < 4.78 is 0. The van der Waals surface area contributed by atoms with Crippen molar-refractivity contribution in [2.24, 2.45) is 5.92 Å². The highest BCUT2D eigenvalue weighted by atomic mass is 35.5. The maximum absolute atomic E-state index is 12.5. The molecule has 1 amide bonds. The van der Waals surface area contributed by atoms with Gasteiger partial charge in [0.1, 0.15) is 0 Å². The minimum atomic E-state index is -0.201. The largest absolute Gasteiger partial charge is 0.372 e. The van der Waals surface area contributed by atoms with Gasteiger partial charge in [0.25, 0.3) is 5.91 Å². The summed E-state index contributed by atoms with van der Waals surface area (Å²) in [5.41, 5.74) is 2.75. The number of carbonyl (C=O) groups excluding carboxylic acids is 1. The fourth-order valence-corrected chi connectivity index (χ4v) is 3.77. The average molecular weight is 391 g/mol. The number of hydrogen-bond acceptors (Lipinski definition) is 2. The zero-order valence-corrected chi connectivity index (χ0v) is 16.6. The van der Waals surface area contributed by atoms with Gasteiger partial charge in [-0.25, -0.2) is 0 Å². The van der Waals surface area contributed by atoms with Gasteiger partial charge in [0.05, 0.1) is 16.6 Å². The molecule has 1 N–H and O–H groups in total. The van der Waals surface area contributed by atoms with Crippen LogP contribution >= 0.6 is 23.2 Å². The minimum Gasteiger partial charge on any atom is -0.372 e. The zero-order chi connectivity index (χ0) is 18.7. The van der Waals surface area contributed by atoms with Gasteiger partial charge >= 0.3 is 0 Å². The van der Waals surface area contributed by atoms with E-state index in [9.17, 15) is 4.79 Å². The summed E-state index contributed by atoms with van der Waals surface area (Å²) in [6.45, 7) is 6.51. The molecule has 1 saturated heterocycles. The number of amides is 1. The van der Waals surface area contributed by atoms with Gasteiger partial charge < -0.3 is 10.2 Å². The van der Waals surface area contributed by atoms with Gasteiger partial charge in [-0.3, -0.25) is 4.79 Å². The molecule has 0 saturated carbocycles. The molecule has 1 fully saturated rings. The lowest BCUT2D eigenvalue weighted by Crippen LogP contribution is -2.32. The Labute approximate surface area is 165 Å². The molecule has 1 atom stereocenters. The molecule has 1 unspecified atom stereocenters. The van der Waals surface area contributed by atoms with Crippen LogP contribution in [0.5, 0.6) is 0 Å². The average Bonchev–Trinajstić information content (AvgIpc) is 2.62. The third kappa shape index (κ3) is 4.52. The number of nitrogens with one attached hydrogen (secondary N) is 1. The van der Waals surface area contributed by atoms with Crippen molar-refractivity contribution in [1.82, 2.24) is 5.32 Å². The van der Waals surface area contributed by atoms with Crippen molar-refractivity contribution < 1.29 is 4.79 Å². The maximum atomic E-state index is 12.5. The highest BCUT2D eigenvalue weighted by molar-refractivity contribution is 6.36. The highest BCUT2D eigenvalue weighted by Crippen LogP contribution is 2.25. The molecule has 0 aliphatic carbocycles. The Balaban J connectivity index is 1.64. The molecule has 1 aliphatic rings. The second-order valence-corrected chi connectivity index (χ2v) is 7.92. The van der Waals surface area contributed by atoms with Crippen molar-refractivity contribution in [3.05, 3.63) is 63.6 Å². The summed E-state index contributed by atoms with van der Waals surface area (Å²) in [7, 11) is 0. The molecule has 26 heavy (non-hydrogen) atoms. The summed E-state index contributed by atoms with van der Waals surface area (Å²) in [4.78, 5) is 14.9. The van der Waals surface area contributed by atoms with Crippen LogP contribution in [0.15, 0.2) is 42.5 Å². The third-order valence-electron chi connectivity index (χ3n) is 5.07. The number of carbonyl (C=O) groups is 1. The van der Waals surface area contributed by atoms with Crippen LogP contribution in [-0.4, -0.2) is 19.0 Å². The number of hydrogen-bond donors (Lipinski definition) is 1. The summed E-state index contributed by atoms with van der Waals surface area (Å²) in [5.74, 6) is 0.619. The SMILES string of the molecule is CC1CCN(c2ccc(C(C)NC(=O)c3ccc(Cl)cc3Cl)cc2)CC1. The monoisotopic (exact) mass is 390 g/mol. The Hall–Kier alpha value is -1.71. The van der Waals surface area contributed by atoms with Crippen molar-refractivity contribution >= 4 is 34.8 Å². The number of anilines is 1. The fourth-order valence-electron chi connectivity index (χ4n) is 3.27.